The van der Waals surface area contributed by atoms with E-state index in [1.165, 1.54) is 12.1 Å². The van der Waals surface area contributed by atoms with Crippen LogP contribution in [0.3, 0.4) is 0 Å². The number of benzene rings is 2. The summed E-state index contributed by atoms with van der Waals surface area (Å²) in [5.41, 5.74) is 4.98. The van der Waals surface area contributed by atoms with E-state index in [1.807, 2.05) is 48.2 Å². The Morgan fingerprint density at radius 3 is 2.44 bits per heavy atom. The summed E-state index contributed by atoms with van der Waals surface area (Å²) in [6, 6.07) is 16.2. The van der Waals surface area contributed by atoms with Crippen LogP contribution in [0, 0.1) is 35.4 Å². The number of hydrogen-bond acceptors (Lipinski definition) is 5. The van der Waals surface area contributed by atoms with E-state index in [4.69, 9.17) is 11.6 Å². The first-order chi connectivity index (χ1) is 15.5. The molecule has 0 radical (unpaired) electrons. The first-order valence-electron chi connectivity index (χ1n) is 10.0. The predicted molar refractivity (Wildman–Crippen MR) is 119 cm³/mol. The number of hydrogen-bond donors (Lipinski definition) is 1. The van der Waals surface area contributed by atoms with Crippen LogP contribution in [0.15, 0.2) is 42.5 Å². The highest BCUT2D eigenvalue weighted by Crippen LogP contribution is 2.41. The Hall–Kier alpha value is -3.94. The minimum atomic E-state index is -0.481. The van der Waals surface area contributed by atoms with Crippen LogP contribution in [0.5, 0.6) is 0 Å². The fourth-order valence-electron chi connectivity index (χ4n) is 4.27. The molecule has 1 aliphatic rings. The van der Waals surface area contributed by atoms with Crippen molar-refractivity contribution in [3.63, 3.8) is 0 Å². The van der Waals surface area contributed by atoms with E-state index in [0.29, 0.717) is 24.4 Å². The third-order valence-corrected chi connectivity index (χ3v) is 6.05. The zero-order chi connectivity index (χ0) is 22.4. The summed E-state index contributed by atoms with van der Waals surface area (Å²) in [6.45, 7) is 2.56. The maximum absolute atomic E-state index is 14.1. The Labute approximate surface area is 188 Å². The molecule has 1 N–H and O–H groups in total. The minimum absolute atomic E-state index is 0.0809. The minimum Gasteiger partial charge on any atom is -0.356 e. The number of fused-ring (bicyclic) bond motifs is 3. The monoisotopic (exact) mass is 442 g/mol. The lowest BCUT2D eigenvalue weighted by atomic mass is 9.92. The van der Waals surface area contributed by atoms with Crippen LogP contribution in [0.4, 0.5) is 10.3 Å². The third-order valence-electron chi connectivity index (χ3n) is 5.76. The molecule has 2 aromatic heterocycles. The van der Waals surface area contributed by atoms with Crippen molar-refractivity contribution in [3.05, 3.63) is 87.1 Å². The number of aromatic amines is 1. The van der Waals surface area contributed by atoms with Crippen molar-refractivity contribution >= 4 is 28.5 Å². The molecule has 0 spiro atoms. The van der Waals surface area contributed by atoms with Crippen LogP contribution < -0.4 is 4.90 Å². The molecule has 1 unspecified atom stereocenters. The molecule has 2 aromatic carbocycles. The molecule has 0 aliphatic carbocycles. The topological polar surface area (TPSA) is 92.4 Å². The summed E-state index contributed by atoms with van der Waals surface area (Å²) in [6.07, 6.45) is 0.641. The Morgan fingerprint density at radius 1 is 1.09 bits per heavy atom. The Kier molecular flexibility index (Phi) is 4.77. The van der Waals surface area contributed by atoms with Crippen LogP contribution in [0.1, 0.15) is 39.8 Å². The molecule has 0 bridgehead atoms. The first kappa shape index (κ1) is 20.0. The van der Waals surface area contributed by atoms with Gasteiger partial charge in [-0.15, -0.1) is 0 Å². The highest BCUT2D eigenvalue weighted by molar-refractivity contribution is 6.31. The largest absolute Gasteiger partial charge is 0.356 e. The fraction of sp³-hybridized carbons (Fsp3) is 0.167. The second kappa shape index (κ2) is 7.64. The van der Waals surface area contributed by atoms with Crippen molar-refractivity contribution in [2.24, 2.45) is 0 Å². The second-order valence-corrected chi connectivity index (χ2v) is 8.15. The van der Waals surface area contributed by atoms with E-state index in [1.54, 1.807) is 6.07 Å². The lowest BCUT2D eigenvalue weighted by Gasteiger charge is -2.36. The summed E-state index contributed by atoms with van der Waals surface area (Å²) < 4.78 is 14.1. The van der Waals surface area contributed by atoms with E-state index < -0.39 is 5.82 Å². The number of aromatic nitrogens is 3. The first-order valence-corrected chi connectivity index (χ1v) is 10.4. The number of nitrogens with one attached hydrogen (secondary N) is 1. The SMILES string of the molecule is Cc1ccc(C2c3[nH]c4cc(F)c(Cl)cc4c3CCN2c2nc(C#N)cc(C#N)n2)cc1. The van der Waals surface area contributed by atoms with E-state index >= 15 is 0 Å². The van der Waals surface area contributed by atoms with Gasteiger partial charge in [0, 0.05) is 29.2 Å². The molecule has 32 heavy (non-hydrogen) atoms. The van der Waals surface area contributed by atoms with Crippen molar-refractivity contribution < 1.29 is 4.39 Å². The molecule has 8 heteroatoms. The summed E-state index contributed by atoms with van der Waals surface area (Å²) in [5, 5.41) is 19.7. The van der Waals surface area contributed by atoms with Gasteiger partial charge in [0.1, 0.15) is 29.3 Å². The number of nitrogens with zero attached hydrogens (tertiary/aromatic N) is 5. The third kappa shape index (κ3) is 3.24. The molecule has 0 amide bonds. The molecule has 156 valence electrons. The van der Waals surface area contributed by atoms with Gasteiger partial charge < -0.3 is 9.88 Å². The van der Waals surface area contributed by atoms with Gasteiger partial charge in [-0.3, -0.25) is 0 Å². The number of H-pyrrole nitrogens is 1. The van der Waals surface area contributed by atoms with Gasteiger partial charge >= 0.3 is 0 Å². The van der Waals surface area contributed by atoms with Crippen LogP contribution in [0.25, 0.3) is 10.9 Å². The highest BCUT2D eigenvalue weighted by atomic mass is 35.5. The fourth-order valence-corrected chi connectivity index (χ4v) is 4.44. The Morgan fingerprint density at radius 2 is 1.78 bits per heavy atom. The average molecular weight is 443 g/mol. The van der Waals surface area contributed by atoms with Crippen molar-refractivity contribution in [3.8, 4) is 12.1 Å². The van der Waals surface area contributed by atoms with Gasteiger partial charge in [-0.05, 0) is 36.6 Å². The normalized spacial score (nSPS) is 15.3. The van der Waals surface area contributed by atoms with Gasteiger partial charge in [-0.25, -0.2) is 14.4 Å². The molecule has 6 nitrogen and oxygen atoms in total. The van der Waals surface area contributed by atoms with Gasteiger partial charge in [0.05, 0.1) is 11.1 Å². The smallest absolute Gasteiger partial charge is 0.228 e. The Bertz CT molecular complexity index is 1410. The van der Waals surface area contributed by atoms with Gasteiger partial charge in [-0.1, -0.05) is 41.4 Å². The number of halogens is 2. The van der Waals surface area contributed by atoms with Crippen LogP contribution in [-0.4, -0.2) is 21.5 Å². The van der Waals surface area contributed by atoms with Crippen molar-refractivity contribution in [2.45, 2.75) is 19.4 Å². The molecule has 1 aliphatic heterocycles. The number of nitriles is 2. The molecule has 5 rings (SSSR count). The zero-order valence-corrected chi connectivity index (χ0v) is 17.8. The van der Waals surface area contributed by atoms with Crippen molar-refractivity contribution in [1.29, 1.82) is 10.5 Å². The average Bonchev–Trinajstić information content (AvgIpc) is 3.16. The van der Waals surface area contributed by atoms with Crippen LogP contribution >= 0.6 is 11.6 Å². The van der Waals surface area contributed by atoms with Gasteiger partial charge in [0.15, 0.2) is 0 Å². The van der Waals surface area contributed by atoms with Crippen LogP contribution in [0.2, 0.25) is 5.02 Å². The molecular formula is C24H16ClFN6. The van der Waals surface area contributed by atoms with Gasteiger partial charge in [0.2, 0.25) is 5.95 Å². The number of aryl methyl sites for hydroxylation is 1. The molecule has 3 heterocycles. The lowest BCUT2D eigenvalue weighted by Crippen LogP contribution is -2.37. The summed E-state index contributed by atoms with van der Waals surface area (Å²) >= 11 is 6.07. The molecule has 4 aromatic rings. The predicted octanol–water partition coefficient (Wildman–Crippen LogP) is 4.95. The Balaban J connectivity index is 1.74. The summed E-state index contributed by atoms with van der Waals surface area (Å²) in [4.78, 5) is 14.1. The standard InChI is InChI=1S/C24H16ClFN6/c1-13-2-4-14(5-3-13)23-22-17(18-9-19(25)20(26)10-21(18)31-22)6-7-32(23)24-29-15(11-27)8-16(12-28)30-24/h2-5,8-10,23,31H,6-7H2,1H3. The molecular weight excluding hydrogens is 427 g/mol. The molecule has 0 fully saturated rings. The van der Waals surface area contributed by atoms with E-state index in [0.717, 1.165) is 27.8 Å². The number of anilines is 1. The van der Waals surface area contributed by atoms with Gasteiger partial charge in [0.25, 0.3) is 0 Å². The lowest BCUT2D eigenvalue weighted by molar-refractivity contribution is 0.625. The molecule has 0 saturated heterocycles. The maximum Gasteiger partial charge on any atom is 0.228 e. The molecule has 0 saturated carbocycles. The van der Waals surface area contributed by atoms with Crippen molar-refractivity contribution in [1.82, 2.24) is 15.0 Å². The van der Waals surface area contributed by atoms with Crippen LogP contribution in [-0.2, 0) is 6.42 Å². The van der Waals surface area contributed by atoms with E-state index in [9.17, 15) is 14.9 Å². The zero-order valence-electron chi connectivity index (χ0n) is 17.0. The van der Waals surface area contributed by atoms with Crippen molar-refractivity contribution in [2.75, 3.05) is 11.4 Å². The molecule has 1 atom stereocenters. The van der Waals surface area contributed by atoms with Gasteiger partial charge in [-0.2, -0.15) is 10.5 Å². The summed E-state index contributed by atoms with van der Waals surface area (Å²) in [7, 11) is 0. The van der Waals surface area contributed by atoms with E-state index in [-0.39, 0.29) is 22.5 Å². The highest BCUT2D eigenvalue weighted by Gasteiger charge is 2.34. The quantitative estimate of drug-likeness (QED) is 0.474. The summed E-state index contributed by atoms with van der Waals surface area (Å²) in [5.74, 6) is -0.176. The van der Waals surface area contributed by atoms with E-state index in [2.05, 4.69) is 15.0 Å². The second-order valence-electron chi connectivity index (χ2n) is 7.75. The maximum atomic E-state index is 14.1. The number of rotatable bonds is 2.